The molecule has 0 unspecified atom stereocenters. The molecular weight excluding hydrogens is 118 g/mol. The zero-order valence-electron chi connectivity index (χ0n) is 5.93. The lowest BCUT2D eigenvalue weighted by atomic mass is 10.6. The molecule has 0 amide bonds. The van der Waals surface area contributed by atoms with Gasteiger partial charge in [-0.15, -0.1) is 11.8 Å². The molecule has 0 aromatic carbocycles. The van der Waals surface area contributed by atoms with Crippen molar-refractivity contribution in [3.8, 4) is 0 Å². The maximum absolute atomic E-state index is 2.10. The van der Waals surface area contributed by atoms with Gasteiger partial charge in [-0.05, 0) is 13.2 Å². The fourth-order valence-electron chi connectivity index (χ4n) is 0.559. The Morgan fingerprint density at radius 2 is 2.00 bits per heavy atom. The molecule has 48 valence electrons. The lowest BCUT2D eigenvalue weighted by Gasteiger charge is -2.12. The Labute approximate surface area is 55.8 Å². The van der Waals surface area contributed by atoms with Crippen molar-refractivity contribution in [2.75, 3.05) is 20.4 Å². The average molecular weight is 131 g/mol. The summed E-state index contributed by atoms with van der Waals surface area (Å²) in [5, 5.41) is 1.31. The Bertz CT molecular complexity index is 86.5. The SMILES string of the molecule is C/C=C(\SC)N(C)C. The quantitative estimate of drug-likeness (QED) is 0.562. The van der Waals surface area contributed by atoms with E-state index in [-0.39, 0.29) is 0 Å². The second-order valence-electron chi connectivity index (χ2n) is 1.73. The summed E-state index contributed by atoms with van der Waals surface area (Å²) in [6.07, 6.45) is 4.18. The van der Waals surface area contributed by atoms with Crippen LogP contribution >= 0.6 is 11.8 Å². The molecule has 0 fully saturated rings. The van der Waals surface area contributed by atoms with E-state index in [1.54, 1.807) is 11.8 Å². The van der Waals surface area contributed by atoms with Crippen LogP contribution in [-0.4, -0.2) is 25.3 Å². The van der Waals surface area contributed by atoms with Crippen LogP contribution in [0.1, 0.15) is 6.92 Å². The van der Waals surface area contributed by atoms with Crippen molar-refractivity contribution in [3.63, 3.8) is 0 Å². The topological polar surface area (TPSA) is 3.24 Å². The smallest absolute Gasteiger partial charge is 0.0656 e. The van der Waals surface area contributed by atoms with Gasteiger partial charge in [-0.25, -0.2) is 0 Å². The molecule has 0 rings (SSSR count). The molecule has 0 aliphatic carbocycles. The fraction of sp³-hybridized carbons (Fsp3) is 0.667. The Kier molecular flexibility index (Phi) is 3.79. The second kappa shape index (κ2) is 3.84. The largest absolute Gasteiger partial charge is 0.373 e. The summed E-state index contributed by atoms with van der Waals surface area (Å²) < 4.78 is 0. The monoisotopic (exact) mass is 131 g/mol. The minimum absolute atomic E-state index is 1.31. The van der Waals surface area contributed by atoms with Crippen LogP contribution in [0, 0.1) is 0 Å². The third-order valence-corrected chi connectivity index (χ3v) is 1.92. The van der Waals surface area contributed by atoms with E-state index in [1.165, 1.54) is 5.03 Å². The number of nitrogens with zero attached hydrogens (tertiary/aromatic N) is 1. The van der Waals surface area contributed by atoms with Gasteiger partial charge in [-0.2, -0.15) is 0 Å². The fourth-order valence-corrected chi connectivity index (χ4v) is 1.16. The van der Waals surface area contributed by atoms with Crippen LogP contribution in [0.4, 0.5) is 0 Å². The Hall–Kier alpha value is -0.110. The zero-order valence-corrected chi connectivity index (χ0v) is 6.75. The van der Waals surface area contributed by atoms with Gasteiger partial charge in [-0.1, -0.05) is 6.08 Å². The van der Waals surface area contributed by atoms with E-state index in [4.69, 9.17) is 0 Å². The summed E-state index contributed by atoms with van der Waals surface area (Å²) in [6, 6.07) is 0. The molecule has 0 heterocycles. The lowest BCUT2D eigenvalue weighted by Crippen LogP contribution is -2.07. The first-order valence-electron chi connectivity index (χ1n) is 2.60. The predicted molar refractivity (Wildman–Crippen MR) is 41.0 cm³/mol. The highest BCUT2D eigenvalue weighted by Gasteiger charge is 1.91. The molecule has 0 saturated carbocycles. The summed E-state index contributed by atoms with van der Waals surface area (Å²) >= 11 is 1.77. The molecule has 1 nitrogen and oxygen atoms in total. The molecule has 8 heavy (non-hydrogen) atoms. The maximum atomic E-state index is 2.10. The van der Waals surface area contributed by atoms with E-state index in [0.717, 1.165) is 0 Å². The molecule has 0 spiro atoms. The van der Waals surface area contributed by atoms with Crippen molar-refractivity contribution < 1.29 is 0 Å². The lowest BCUT2D eigenvalue weighted by molar-refractivity contribution is 0.549. The number of thioether (sulfide) groups is 1. The normalized spacial score (nSPS) is 11.8. The standard InChI is InChI=1S/C6H13NS/c1-5-6(8-4)7(2)3/h5H,1-4H3/b6-5-. The van der Waals surface area contributed by atoms with Crippen molar-refractivity contribution in [1.29, 1.82) is 0 Å². The van der Waals surface area contributed by atoms with Gasteiger partial charge in [0.05, 0.1) is 5.03 Å². The number of rotatable bonds is 2. The molecule has 0 N–H and O–H groups in total. The number of hydrogen-bond acceptors (Lipinski definition) is 2. The highest BCUT2D eigenvalue weighted by molar-refractivity contribution is 8.02. The van der Waals surface area contributed by atoms with Gasteiger partial charge < -0.3 is 4.90 Å². The number of hydrogen-bond donors (Lipinski definition) is 0. The molecule has 0 radical (unpaired) electrons. The van der Waals surface area contributed by atoms with Gasteiger partial charge in [-0.3, -0.25) is 0 Å². The summed E-state index contributed by atoms with van der Waals surface area (Å²) in [4.78, 5) is 2.10. The minimum Gasteiger partial charge on any atom is -0.373 e. The van der Waals surface area contributed by atoms with E-state index >= 15 is 0 Å². The highest BCUT2D eigenvalue weighted by Crippen LogP contribution is 2.11. The van der Waals surface area contributed by atoms with Crippen molar-refractivity contribution in [3.05, 3.63) is 11.1 Å². The number of allylic oxidation sites excluding steroid dienone is 1. The zero-order chi connectivity index (χ0) is 6.57. The van der Waals surface area contributed by atoms with Crippen LogP contribution in [0.3, 0.4) is 0 Å². The van der Waals surface area contributed by atoms with Crippen molar-refractivity contribution in [2.24, 2.45) is 0 Å². The molecule has 0 bridgehead atoms. The van der Waals surface area contributed by atoms with Crippen molar-refractivity contribution >= 4 is 11.8 Å². The van der Waals surface area contributed by atoms with Gasteiger partial charge >= 0.3 is 0 Å². The van der Waals surface area contributed by atoms with E-state index in [2.05, 4.69) is 17.2 Å². The average Bonchev–Trinajstić information content (AvgIpc) is 1.69. The van der Waals surface area contributed by atoms with Crippen LogP contribution in [0.5, 0.6) is 0 Å². The van der Waals surface area contributed by atoms with E-state index in [1.807, 2.05) is 21.0 Å². The molecule has 2 heteroatoms. The van der Waals surface area contributed by atoms with Crippen LogP contribution in [-0.2, 0) is 0 Å². The molecule has 0 aromatic rings. The molecule has 0 aliphatic rings. The van der Waals surface area contributed by atoms with Crippen molar-refractivity contribution in [2.45, 2.75) is 6.92 Å². The van der Waals surface area contributed by atoms with E-state index in [0.29, 0.717) is 0 Å². The highest BCUT2D eigenvalue weighted by atomic mass is 32.2. The first-order valence-corrected chi connectivity index (χ1v) is 3.82. The molecule has 0 aromatic heterocycles. The van der Waals surface area contributed by atoms with Crippen LogP contribution in [0.2, 0.25) is 0 Å². The predicted octanol–water partition coefficient (Wildman–Crippen LogP) is 1.77. The van der Waals surface area contributed by atoms with Gasteiger partial charge in [0, 0.05) is 14.1 Å². The molecule has 0 atom stereocenters. The van der Waals surface area contributed by atoms with E-state index < -0.39 is 0 Å². The molecule has 0 aliphatic heterocycles. The summed E-state index contributed by atoms with van der Waals surface area (Å²) in [5.41, 5.74) is 0. The first-order chi connectivity index (χ1) is 3.72. The molecular formula is C6H13NS. The second-order valence-corrected chi connectivity index (χ2v) is 2.55. The van der Waals surface area contributed by atoms with Gasteiger partial charge in [0.1, 0.15) is 0 Å². The summed E-state index contributed by atoms with van der Waals surface area (Å²) in [6.45, 7) is 2.05. The molecule has 0 saturated heterocycles. The third kappa shape index (κ3) is 2.26. The van der Waals surface area contributed by atoms with Crippen LogP contribution in [0.15, 0.2) is 11.1 Å². The van der Waals surface area contributed by atoms with Crippen molar-refractivity contribution in [1.82, 2.24) is 4.90 Å². The summed E-state index contributed by atoms with van der Waals surface area (Å²) in [5.74, 6) is 0. The Morgan fingerprint density at radius 1 is 1.50 bits per heavy atom. The third-order valence-electron chi connectivity index (χ3n) is 0.897. The van der Waals surface area contributed by atoms with Crippen LogP contribution < -0.4 is 0 Å². The minimum atomic E-state index is 1.31. The van der Waals surface area contributed by atoms with Gasteiger partial charge in [0.25, 0.3) is 0 Å². The van der Waals surface area contributed by atoms with Crippen LogP contribution in [0.25, 0.3) is 0 Å². The Morgan fingerprint density at radius 3 is 2.00 bits per heavy atom. The van der Waals surface area contributed by atoms with E-state index in [9.17, 15) is 0 Å². The van der Waals surface area contributed by atoms with Gasteiger partial charge in [0.2, 0.25) is 0 Å². The van der Waals surface area contributed by atoms with Gasteiger partial charge in [0.15, 0.2) is 0 Å². The first kappa shape index (κ1) is 7.89. The maximum Gasteiger partial charge on any atom is 0.0656 e. The summed E-state index contributed by atoms with van der Waals surface area (Å²) in [7, 11) is 4.09. The Balaban J connectivity index is 3.72.